The molecular formula is C19H18O6. The number of carboxylic acids is 1. The summed E-state index contributed by atoms with van der Waals surface area (Å²) >= 11 is 0. The number of para-hydroxylation sites is 1. The molecule has 6 nitrogen and oxygen atoms in total. The van der Waals surface area contributed by atoms with Gasteiger partial charge in [-0.2, -0.15) is 0 Å². The number of fused-ring (bicyclic) bond motifs is 4. The highest BCUT2D eigenvalue weighted by Crippen LogP contribution is 2.61. The third-order valence-corrected chi connectivity index (χ3v) is 4.83. The normalized spacial score (nSPS) is 19.4. The van der Waals surface area contributed by atoms with Crippen LogP contribution in [0.15, 0.2) is 36.4 Å². The molecule has 1 unspecified atom stereocenters. The van der Waals surface area contributed by atoms with E-state index in [9.17, 15) is 9.90 Å². The summed E-state index contributed by atoms with van der Waals surface area (Å²) in [5, 5.41) is 9.52. The van der Waals surface area contributed by atoms with E-state index in [2.05, 4.69) is 0 Å². The Morgan fingerprint density at radius 3 is 2.48 bits per heavy atom. The van der Waals surface area contributed by atoms with E-state index in [1.165, 1.54) is 14.2 Å². The Kier molecular flexibility index (Phi) is 3.49. The molecule has 1 heterocycles. The number of aliphatic carboxylic acids is 1. The lowest BCUT2D eigenvalue weighted by Gasteiger charge is -2.30. The van der Waals surface area contributed by atoms with Gasteiger partial charge in [0.15, 0.2) is 11.5 Å². The lowest BCUT2D eigenvalue weighted by atomic mass is 9.86. The predicted molar refractivity (Wildman–Crippen MR) is 88.7 cm³/mol. The van der Waals surface area contributed by atoms with Gasteiger partial charge < -0.3 is 24.1 Å². The highest BCUT2D eigenvalue weighted by molar-refractivity contribution is 5.73. The quantitative estimate of drug-likeness (QED) is 0.924. The standard InChI is InChI=1S/C19H18O6/c1-22-14-8-7-12-15(16(14)23-2)25-18(17(20)21)24-13-6-4-3-5-11(13)19(12)9-10-19/h3-8,18H,9-10H2,1-2H3,(H,20,21). The second-order valence-corrected chi connectivity index (χ2v) is 6.16. The summed E-state index contributed by atoms with van der Waals surface area (Å²) in [4.78, 5) is 11.6. The number of carbonyl (C=O) groups is 1. The molecule has 1 atom stereocenters. The third kappa shape index (κ3) is 2.28. The van der Waals surface area contributed by atoms with E-state index < -0.39 is 12.3 Å². The molecule has 2 aromatic rings. The first kappa shape index (κ1) is 15.6. The van der Waals surface area contributed by atoms with Crippen LogP contribution in [0.5, 0.6) is 23.0 Å². The van der Waals surface area contributed by atoms with Crippen molar-refractivity contribution in [1.82, 2.24) is 0 Å². The number of rotatable bonds is 3. The summed E-state index contributed by atoms with van der Waals surface area (Å²) in [5.74, 6) is 0.544. The monoisotopic (exact) mass is 342 g/mol. The Morgan fingerprint density at radius 1 is 1.08 bits per heavy atom. The second kappa shape index (κ2) is 5.58. The van der Waals surface area contributed by atoms with Gasteiger partial charge >= 0.3 is 12.3 Å². The highest BCUT2D eigenvalue weighted by Gasteiger charge is 2.52. The molecule has 130 valence electrons. The average Bonchev–Trinajstić information content (AvgIpc) is 3.41. The Morgan fingerprint density at radius 2 is 1.84 bits per heavy atom. The summed E-state index contributed by atoms with van der Waals surface area (Å²) < 4.78 is 22.3. The minimum atomic E-state index is -1.47. The molecule has 1 fully saturated rings. The third-order valence-electron chi connectivity index (χ3n) is 4.83. The van der Waals surface area contributed by atoms with Gasteiger partial charge in [0, 0.05) is 16.5 Å². The summed E-state index contributed by atoms with van der Waals surface area (Å²) in [5.41, 5.74) is 1.61. The fourth-order valence-corrected chi connectivity index (χ4v) is 3.51. The maximum absolute atomic E-state index is 11.6. The smallest absolute Gasteiger partial charge is 0.387 e. The first-order valence-corrected chi connectivity index (χ1v) is 8.02. The van der Waals surface area contributed by atoms with Crippen LogP contribution in [0.25, 0.3) is 0 Å². The van der Waals surface area contributed by atoms with E-state index in [4.69, 9.17) is 18.9 Å². The molecule has 1 aliphatic heterocycles. The number of benzene rings is 2. The van der Waals surface area contributed by atoms with Gasteiger partial charge in [-0.3, -0.25) is 0 Å². The molecule has 0 bridgehead atoms. The van der Waals surface area contributed by atoms with Crippen molar-refractivity contribution >= 4 is 5.97 Å². The summed E-state index contributed by atoms with van der Waals surface area (Å²) in [6.07, 6.45) is 0.380. The van der Waals surface area contributed by atoms with E-state index in [1.807, 2.05) is 30.3 Å². The van der Waals surface area contributed by atoms with Gasteiger partial charge in [-0.25, -0.2) is 4.79 Å². The van der Waals surface area contributed by atoms with Crippen molar-refractivity contribution in [3.05, 3.63) is 47.5 Å². The number of carboxylic acid groups (broad SMARTS) is 1. The fraction of sp³-hybridized carbons (Fsp3) is 0.316. The number of ether oxygens (including phenoxy) is 4. The van der Waals surface area contributed by atoms with Crippen LogP contribution in [0.3, 0.4) is 0 Å². The second-order valence-electron chi connectivity index (χ2n) is 6.16. The van der Waals surface area contributed by atoms with Gasteiger partial charge in [-0.15, -0.1) is 0 Å². The van der Waals surface area contributed by atoms with E-state index in [0.717, 1.165) is 24.0 Å². The highest BCUT2D eigenvalue weighted by atomic mass is 16.7. The van der Waals surface area contributed by atoms with E-state index >= 15 is 0 Å². The minimum Gasteiger partial charge on any atom is -0.493 e. The molecule has 4 rings (SSSR count). The maximum atomic E-state index is 11.6. The SMILES string of the molecule is COc1ccc2c(c1OC)OC(C(=O)O)Oc1ccccc1C21CC1. The van der Waals surface area contributed by atoms with Crippen molar-refractivity contribution in [2.75, 3.05) is 14.2 Å². The van der Waals surface area contributed by atoms with Crippen LogP contribution >= 0.6 is 0 Å². The molecular weight excluding hydrogens is 324 g/mol. The van der Waals surface area contributed by atoms with Gasteiger partial charge in [0.2, 0.25) is 5.75 Å². The van der Waals surface area contributed by atoms with Crippen LogP contribution in [0.2, 0.25) is 0 Å². The van der Waals surface area contributed by atoms with Gasteiger partial charge in [0.05, 0.1) is 14.2 Å². The number of hydrogen-bond acceptors (Lipinski definition) is 5. The topological polar surface area (TPSA) is 74.2 Å². The molecule has 6 heteroatoms. The molecule has 0 amide bonds. The molecule has 0 radical (unpaired) electrons. The zero-order valence-corrected chi connectivity index (χ0v) is 13.9. The molecule has 2 aromatic carbocycles. The van der Waals surface area contributed by atoms with Crippen molar-refractivity contribution < 1.29 is 28.8 Å². The molecule has 1 aliphatic carbocycles. The number of methoxy groups -OCH3 is 2. The fourth-order valence-electron chi connectivity index (χ4n) is 3.51. The first-order chi connectivity index (χ1) is 12.1. The molecule has 0 saturated heterocycles. The lowest BCUT2D eigenvalue weighted by Crippen LogP contribution is -2.36. The van der Waals surface area contributed by atoms with Crippen molar-refractivity contribution in [3.63, 3.8) is 0 Å². The zero-order chi connectivity index (χ0) is 17.6. The molecule has 1 N–H and O–H groups in total. The van der Waals surface area contributed by atoms with Crippen LogP contribution in [-0.4, -0.2) is 31.6 Å². The first-order valence-electron chi connectivity index (χ1n) is 8.02. The largest absolute Gasteiger partial charge is 0.493 e. The molecule has 0 aromatic heterocycles. The van der Waals surface area contributed by atoms with Crippen LogP contribution in [0.1, 0.15) is 24.0 Å². The summed E-state index contributed by atoms with van der Waals surface area (Å²) in [6, 6.07) is 11.3. The van der Waals surface area contributed by atoms with E-state index in [-0.39, 0.29) is 5.41 Å². The Bertz CT molecular complexity index is 840. The Hall–Kier alpha value is -2.89. The molecule has 25 heavy (non-hydrogen) atoms. The predicted octanol–water partition coefficient (Wildman–Crippen LogP) is 2.97. The van der Waals surface area contributed by atoms with Crippen molar-refractivity contribution in [2.24, 2.45) is 0 Å². The van der Waals surface area contributed by atoms with Gasteiger partial charge in [-0.05, 0) is 25.0 Å². The van der Waals surface area contributed by atoms with Crippen molar-refractivity contribution in [3.8, 4) is 23.0 Å². The van der Waals surface area contributed by atoms with Crippen molar-refractivity contribution in [1.29, 1.82) is 0 Å². The minimum absolute atomic E-state index is 0.255. The summed E-state index contributed by atoms with van der Waals surface area (Å²) in [6.45, 7) is 0. The average molecular weight is 342 g/mol. The van der Waals surface area contributed by atoms with Gasteiger partial charge in [0.25, 0.3) is 0 Å². The van der Waals surface area contributed by atoms with Crippen molar-refractivity contribution in [2.45, 2.75) is 24.5 Å². The van der Waals surface area contributed by atoms with Crippen LogP contribution in [0.4, 0.5) is 0 Å². The molecule has 2 aliphatic rings. The maximum Gasteiger partial charge on any atom is 0.387 e. The molecule has 1 spiro atoms. The zero-order valence-electron chi connectivity index (χ0n) is 13.9. The lowest BCUT2D eigenvalue weighted by molar-refractivity contribution is -0.159. The number of hydrogen-bond donors (Lipinski definition) is 1. The van der Waals surface area contributed by atoms with E-state index in [1.54, 1.807) is 6.07 Å². The molecule has 1 saturated carbocycles. The van der Waals surface area contributed by atoms with E-state index in [0.29, 0.717) is 23.0 Å². The van der Waals surface area contributed by atoms with Crippen LogP contribution < -0.4 is 18.9 Å². The Labute approximate surface area is 144 Å². The van der Waals surface area contributed by atoms with Gasteiger partial charge in [-0.1, -0.05) is 24.3 Å². The van der Waals surface area contributed by atoms with Gasteiger partial charge in [0.1, 0.15) is 5.75 Å². The summed E-state index contributed by atoms with van der Waals surface area (Å²) in [7, 11) is 3.03. The van der Waals surface area contributed by atoms with Crippen LogP contribution in [0, 0.1) is 0 Å². The van der Waals surface area contributed by atoms with Crippen LogP contribution in [-0.2, 0) is 10.2 Å². The Balaban J connectivity index is 1.99.